The molecule has 20 aromatic rings. The summed E-state index contributed by atoms with van der Waals surface area (Å²) in [6.07, 6.45) is 0. The molecule has 5 heterocycles. The van der Waals surface area contributed by atoms with Gasteiger partial charge in [0.15, 0.2) is 0 Å². The minimum Gasteiger partial charge on any atom is -0.456 e. The van der Waals surface area contributed by atoms with E-state index in [4.69, 9.17) is 18.1 Å². The van der Waals surface area contributed by atoms with Crippen LogP contribution >= 0.6 is 61.1 Å². The second kappa shape index (κ2) is 32.6. The number of benzene rings is 16. The number of hydrogen-bond donors (Lipinski definition) is 0. The van der Waals surface area contributed by atoms with Crippen molar-refractivity contribution in [3.63, 3.8) is 0 Å². The van der Waals surface area contributed by atoms with Crippen molar-refractivity contribution >= 4 is 161 Å². The molecule has 0 aliphatic carbocycles. The summed E-state index contributed by atoms with van der Waals surface area (Å²) in [5.74, 6) is 0. The molecule has 21 rings (SSSR count). The first-order valence-corrected chi connectivity index (χ1v) is 43.4. The average molecular weight is 1770 g/mol. The second-order valence-electron chi connectivity index (χ2n) is 29.4. The molecular formula is C104H80BBrI2N2O4. The van der Waals surface area contributed by atoms with Gasteiger partial charge in [-0.15, -0.1) is 0 Å². The molecule has 0 unspecified atom stereocenters. The topological polar surface area (TPSA) is 54.6 Å². The van der Waals surface area contributed by atoms with Gasteiger partial charge in [0.1, 0.15) is 22.3 Å². The van der Waals surface area contributed by atoms with Gasteiger partial charge in [0, 0.05) is 64.3 Å². The Kier molecular flexibility index (Phi) is 21.6. The van der Waals surface area contributed by atoms with Crippen LogP contribution < -0.4 is 5.46 Å². The van der Waals surface area contributed by atoms with E-state index in [9.17, 15) is 0 Å². The maximum atomic E-state index is 6.53. The zero-order chi connectivity index (χ0) is 78.0. The summed E-state index contributed by atoms with van der Waals surface area (Å²) < 4.78 is 31.0. The van der Waals surface area contributed by atoms with Gasteiger partial charge in [-0.3, -0.25) is 0 Å². The largest absolute Gasteiger partial charge is 0.496 e. The van der Waals surface area contributed by atoms with Crippen LogP contribution in [0, 0.1) is 0 Å². The quantitative estimate of drug-likeness (QED) is 0.0778. The Bertz CT molecular complexity index is 6680. The number of halogens is 3. The molecule has 0 spiro atoms. The zero-order valence-corrected chi connectivity index (χ0v) is 69.9. The number of para-hydroxylation sites is 4. The zero-order valence-electron chi connectivity index (χ0n) is 64.0. The fourth-order valence-electron chi connectivity index (χ4n) is 16.0. The fraction of sp³-hybridized carbons (Fsp3) is 0.0769. The summed E-state index contributed by atoms with van der Waals surface area (Å²) in [5, 5.41) is 9.50. The molecule has 0 bridgehead atoms. The van der Waals surface area contributed by atoms with Crippen LogP contribution in [0.4, 0.5) is 0 Å². The maximum absolute atomic E-state index is 6.53. The molecule has 0 N–H and O–H groups in total. The van der Waals surface area contributed by atoms with Crippen LogP contribution in [0.5, 0.6) is 0 Å². The lowest BCUT2D eigenvalue weighted by Gasteiger charge is -2.32. The molecule has 1 fully saturated rings. The van der Waals surface area contributed by atoms with Crippen LogP contribution in [0.25, 0.3) is 177 Å². The normalized spacial score (nSPS) is 12.8. The summed E-state index contributed by atoms with van der Waals surface area (Å²) in [6, 6.07) is 134. The minimum absolute atomic E-state index is 0.416. The van der Waals surface area contributed by atoms with Crippen molar-refractivity contribution in [2.75, 3.05) is 9.86 Å². The van der Waals surface area contributed by atoms with Crippen LogP contribution in [0.1, 0.15) is 27.7 Å². The lowest BCUT2D eigenvalue weighted by Crippen LogP contribution is -2.41. The lowest BCUT2D eigenvalue weighted by molar-refractivity contribution is 0.00578. The van der Waals surface area contributed by atoms with Gasteiger partial charge in [-0.05, 0) is 213 Å². The Balaban J connectivity index is 0.000000130. The van der Waals surface area contributed by atoms with Gasteiger partial charge >= 0.3 is 7.12 Å². The first kappa shape index (κ1) is 75.3. The van der Waals surface area contributed by atoms with Crippen LogP contribution in [0.2, 0.25) is 0 Å². The van der Waals surface area contributed by atoms with Gasteiger partial charge < -0.3 is 27.3 Å². The predicted molar refractivity (Wildman–Crippen MR) is 504 cm³/mol. The molecule has 0 saturated carbocycles. The van der Waals surface area contributed by atoms with Crippen LogP contribution in [0.15, 0.2) is 389 Å². The summed E-state index contributed by atoms with van der Waals surface area (Å²) in [7, 11) is -0.458. The standard InChI is InChI=1S/C48H31NO.C36H32BNO2.C18H11BrO.2CH3I/c1-3-13-32(14-4-1)34-23-26-45-41(29-34)42-30-35(33-15-5-2-6-16-33)24-27-46(42)49(45)44-21-11-9-19-39(44)38-18-8-7-17-37(38)36-25-28-48-43(31-36)40-20-10-12-22-47(40)50-48;1-35(2)36(3,4)40-37(39-35)31-17-11-12-18-34(31)38-32-21-19-27(25-13-7-5-8-14-25)23-29(32)30-24-28(20-22-33(30)38)26-15-9-6-10-16-26;19-16-7-3-1-5-13(16)12-9-10-18-15(11-12)14-6-2-4-8-17(14)20-18;2*1-2/h1-31H;5-24H,1-4H3;1-11H;2*1H3. The van der Waals surface area contributed by atoms with Crippen molar-refractivity contribution < 1.29 is 18.1 Å². The van der Waals surface area contributed by atoms with Gasteiger partial charge in [-0.25, -0.2) is 0 Å². The van der Waals surface area contributed by atoms with Gasteiger partial charge in [-0.2, -0.15) is 0 Å². The van der Waals surface area contributed by atoms with E-state index in [1.807, 2.05) is 52.3 Å². The van der Waals surface area contributed by atoms with Crippen LogP contribution in [-0.4, -0.2) is 37.3 Å². The van der Waals surface area contributed by atoms with E-state index in [-0.39, 0.29) is 0 Å². The van der Waals surface area contributed by atoms with Gasteiger partial charge in [0.05, 0.1) is 39.0 Å². The number of nitrogens with zero attached hydrogens (tertiary/aromatic N) is 2. The highest BCUT2D eigenvalue weighted by Gasteiger charge is 2.52. The minimum atomic E-state index is -0.458. The van der Waals surface area contributed by atoms with Crippen molar-refractivity contribution in [3.8, 4) is 89.3 Å². The van der Waals surface area contributed by atoms with Gasteiger partial charge in [0.2, 0.25) is 0 Å². The van der Waals surface area contributed by atoms with E-state index in [0.29, 0.717) is 0 Å². The van der Waals surface area contributed by atoms with E-state index >= 15 is 0 Å². The third-order valence-electron chi connectivity index (χ3n) is 22.3. The maximum Gasteiger partial charge on any atom is 0.496 e. The highest BCUT2D eigenvalue weighted by atomic mass is 127. The molecule has 554 valence electrons. The predicted octanol–water partition coefficient (Wildman–Crippen LogP) is 29.9. The van der Waals surface area contributed by atoms with E-state index in [1.165, 1.54) is 105 Å². The third-order valence-corrected chi connectivity index (χ3v) is 22.9. The van der Waals surface area contributed by atoms with E-state index in [2.05, 4.69) is 432 Å². The lowest BCUT2D eigenvalue weighted by atomic mass is 9.77. The molecule has 6 nitrogen and oxygen atoms in total. The molecule has 10 heteroatoms. The summed E-state index contributed by atoms with van der Waals surface area (Å²) >= 11 is 7.91. The van der Waals surface area contributed by atoms with E-state index in [0.717, 1.165) is 81.8 Å². The van der Waals surface area contributed by atoms with Crippen LogP contribution in [-0.2, 0) is 9.31 Å². The summed E-state index contributed by atoms with van der Waals surface area (Å²) in [4.78, 5) is 3.94. The Morgan fingerprint density at radius 1 is 0.246 bits per heavy atom. The number of hydrogen-bond acceptors (Lipinski definition) is 4. The Hall–Kier alpha value is -11.4. The van der Waals surface area contributed by atoms with Crippen molar-refractivity contribution in [1.29, 1.82) is 0 Å². The molecule has 1 saturated heterocycles. The highest BCUT2D eigenvalue weighted by molar-refractivity contribution is 14.1. The van der Waals surface area contributed by atoms with Crippen LogP contribution in [0.3, 0.4) is 0 Å². The van der Waals surface area contributed by atoms with Gasteiger partial charge in [-0.1, -0.05) is 334 Å². The molecule has 0 atom stereocenters. The molecular weight excluding hydrogens is 1690 g/mol. The number of alkyl halides is 2. The van der Waals surface area contributed by atoms with Crippen molar-refractivity contribution in [2.45, 2.75) is 38.9 Å². The first-order valence-electron chi connectivity index (χ1n) is 38.3. The summed E-state index contributed by atoms with van der Waals surface area (Å²) in [6.45, 7) is 8.41. The Labute approximate surface area is 700 Å². The monoisotopic (exact) mass is 1760 g/mol. The molecule has 1 aliphatic rings. The highest BCUT2D eigenvalue weighted by Crippen LogP contribution is 2.45. The van der Waals surface area contributed by atoms with Gasteiger partial charge in [0.25, 0.3) is 0 Å². The SMILES string of the molecule is Brc1ccccc1-c1ccc2oc3ccccc3c2c1.CC1(C)OB(c2ccccc2-n2c3ccc(-c4ccccc4)cc3c3cc(-c4ccccc4)ccc32)OC1(C)C.CI.CI.c1ccc(-c2ccc3c(c2)c2cc(-c4ccccc4)ccc2n3-c2ccccc2-c2ccccc2-c2ccc3oc4ccccc4c3c2)cc1. The van der Waals surface area contributed by atoms with Crippen molar-refractivity contribution in [1.82, 2.24) is 9.13 Å². The molecule has 0 radical (unpaired) electrons. The number of fused-ring (bicyclic) bond motifs is 12. The van der Waals surface area contributed by atoms with E-state index < -0.39 is 18.3 Å². The van der Waals surface area contributed by atoms with Crippen molar-refractivity contribution in [3.05, 3.63) is 381 Å². The smallest absolute Gasteiger partial charge is 0.456 e. The number of rotatable bonds is 10. The number of aromatic nitrogens is 2. The number of furan rings is 2. The summed E-state index contributed by atoms with van der Waals surface area (Å²) in [5.41, 5.74) is 27.6. The Morgan fingerprint density at radius 2 is 0.544 bits per heavy atom. The second-order valence-corrected chi connectivity index (χ2v) is 30.2. The molecule has 4 aromatic heterocycles. The average Bonchev–Trinajstić information content (AvgIpc) is 1.57. The van der Waals surface area contributed by atoms with Crippen molar-refractivity contribution in [2.24, 2.45) is 0 Å². The first-order chi connectivity index (χ1) is 55.9. The molecule has 0 amide bonds. The Morgan fingerprint density at radius 3 is 0.965 bits per heavy atom. The molecule has 114 heavy (non-hydrogen) atoms. The van der Waals surface area contributed by atoms with E-state index in [1.54, 1.807) is 0 Å². The molecule has 1 aliphatic heterocycles. The third kappa shape index (κ3) is 14.4. The fourth-order valence-corrected chi connectivity index (χ4v) is 16.5. The molecule has 16 aromatic carbocycles.